The summed E-state index contributed by atoms with van der Waals surface area (Å²) in [5.74, 6) is 0.471. The third kappa shape index (κ3) is 4.68. The Labute approximate surface area is 207 Å². The van der Waals surface area contributed by atoms with E-state index in [-0.39, 0.29) is 0 Å². The van der Waals surface area contributed by atoms with E-state index in [0.717, 1.165) is 57.3 Å². The summed E-state index contributed by atoms with van der Waals surface area (Å²) >= 11 is 0. The van der Waals surface area contributed by atoms with Crippen LogP contribution in [-0.2, 0) is 0 Å². The lowest BCUT2D eigenvalue weighted by Gasteiger charge is -2.22. The van der Waals surface area contributed by atoms with Crippen molar-refractivity contribution in [3.05, 3.63) is 67.0 Å². The Balaban J connectivity index is 0.000000623. The zero-order valence-electron chi connectivity index (χ0n) is 19.7. The van der Waals surface area contributed by atoms with Gasteiger partial charge in [0.1, 0.15) is 17.8 Å². The first kappa shape index (κ1) is 23.2. The van der Waals surface area contributed by atoms with Crippen LogP contribution >= 0.6 is 0 Å². The van der Waals surface area contributed by atoms with E-state index in [1.807, 2.05) is 18.2 Å². The summed E-state index contributed by atoms with van der Waals surface area (Å²) in [5, 5.41) is 14.2. The lowest BCUT2D eigenvalue weighted by atomic mass is 9.96. The molecule has 1 amide bonds. The van der Waals surface area contributed by atoms with Crippen LogP contribution in [-0.4, -0.2) is 35.9 Å². The molecule has 1 saturated carbocycles. The van der Waals surface area contributed by atoms with Crippen molar-refractivity contribution in [1.29, 1.82) is 0 Å². The van der Waals surface area contributed by atoms with Crippen molar-refractivity contribution >= 4 is 33.8 Å². The van der Waals surface area contributed by atoms with Crippen LogP contribution in [0.1, 0.15) is 38.1 Å². The zero-order chi connectivity index (χ0) is 25.1. The Morgan fingerprint density at radius 3 is 2.42 bits per heavy atom. The number of aromatic nitrogens is 5. The van der Waals surface area contributed by atoms with Gasteiger partial charge in [-0.3, -0.25) is 0 Å². The molecule has 0 aliphatic heterocycles. The number of hydrogen-bond acceptors (Lipinski definition) is 6. The summed E-state index contributed by atoms with van der Waals surface area (Å²) in [4.78, 5) is 22.6. The molecule has 0 bridgehead atoms. The topological polar surface area (TPSA) is 146 Å². The van der Waals surface area contributed by atoms with Gasteiger partial charge in [-0.05, 0) is 25.0 Å². The molecular weight excluding hydrogens is 454 g/mol. The Bertz CT molecular complexity index is 1520. The normalized spacial score (nSPS) is 13.9. The van der Waals surface area contributed by atoms with Gasteiger partial charge in [0.15, 0.2) is 5.65 Å². The molecule has 182 valence electrons. The lowest BCUT2D eigenvalue weighted by molar-refractivity contribution is 0.205. The predicted molar refractivity (Wildman–Crippen MR) is 140 cm³/mol. The number of benzene rings is 2. The highest BCUT2D eigenvalue weighted by Gasteiger charge is 2.23. The molecule has 2 aromatic carbocycles. The van der Waals surface area contributed by atoms with E-state index in [0.29, 0.717) is 11.9 Å². The Kier molecular flexibility index (Phi) is 6.44. The largest absolute Gasteiger partial charge is 0.465 e. The fraction of sp³-hybridized carbons (Fsp3) is 0.222. The maximum absolute atomic E-state index is 8.78. The summed E-state index contributed by atoms with van der Waals surface area (Å²) in [7, 11) is 0. The van der Waals surface area contributed by atoms with Gasteiger partial charge in [0.05, 0.1) is 22.6 Å². The van der Waals surface area contributed by atoms with Gasteiger partial charge in [-0.2, -0.15) is 5.10 Å². The monoisotopic (exact) mass is 481 g/mol. The number of nitrogens with two attached hydrogens (primary N) is 2. The lowest BCUT2D eigenvalue weighted by Crippen LogP contribution is -2.14. The number of hydrogen-bond donors (Lipinski definition) is 3. The molecule has 36 heavy (non-hydrogen) atoms. The summed E-state index contributed by atoms with van der Waals surface area (Å²) in [6.07, 6.45) is 6.20. The average molecular weight is 482 g/mol. The molecule has 6 rings (SSSR count). The SMILES string of the molecule is NC(=O)O.Nc1ncnc2c1c(-c1ccc3ccc(-c4ccccc4)nc3c1)nn2C1CCCCC1. The van der Waals surface area contributed by atoms with Crippen LogP contribution < -0.4 is 11.5 Å². The average Bonchev–Trinajstić information content (AvgIpc) is 3.30. The van der Waals surface area contributed by atoms with E-state index in [4.69, 9.17) is 25.7 Å². The molecule has 0 spiro atoms. The molecule has 0 unspecified atom stereocenters. The van der Waals surface area contributed by atoms with Crippen LogP contribution in [0.25, 0.3) is 44.5 Å². The molecule has 9 heteroatoms. The summed E-state index contributed by atoms with van der Waals surface area (Å²) < 4.78 is 2.08. The van der Waals surface area contributed by atoms with Gasteiger partial charge >= 0.3 is 6.09 Å². The molecule has 5 aromatic rings. The van der Waals surface area contributed by atoms with Crippen molar-refractivity contribution in [3.8, 4) is 22.5 Å². The summed E-state index contributed by atoms with van der Waals surface area (Å²) in [5.41, 5.74) is 16.0. The van der Waals surface area contributed by atoms with Gasteiger partial charge in [0.2, 0.25) is 0 Å². The third-order valence-electron chi connectivity index (χ3n) is 6.47. The number of carbonyl (C=O) groups is 1. The fourth-order valence-electron chi connectivity index (χ4n) is 4.81. The van der Waals surface area contributed by atoms with Crippen molar-refractivity contribution in [2.75, 3.05) is 5.73 Å². The van der Waals surface area contributed by atoms with Crippen molar-refractivity contribution in [2.24, 2.45) is 5.73 Å². The number of carboxylic acid groups (broad SMARTS) is 1. The number of anilines is 1. The molecule has 1 aliphatic rings. The molecule has 0 radical (unpaired) electrons. The molecular formula is C27H27N7O2. The number of rotatable bonds is 3. The van der Waals surface area contributed by atoms with E-state index in [2.05, 4.69) is 62.8 Å². The first-order chi connectivity index (χ1) is 17.5. The highest BCUT2D eigenvalue weighted by atomic mass is 16.4. The highest BCUT2D eigenvalue weighted by molar-refractivity contribution is 6.00. The smallest absolute Gasteiger partial charge is 0.402 e. The van der Waals surface area contributed by atoms with Crippen LogP contribution in [0.5, 0.6) is 0 Å². The van der Waals surface area contributed by atoms with E-state index < -0.39 is 6.09 Å². The molecule has 3 heterocycles. The predicted octanol–water partition coefficient (Wildman–Crippen LogP) is 5.42. The van der Waals surface area contributed by atoms with Gasteiger partial charge in [0.25, 0.3) is 0 Å². The van der Waals surface area contributed by atoms with Gasteiger partial charge in [0, 0.05) is 16.5 Å². The molecule has 1 aliphatic carbocycles. The standard InChI is InChI=1S/C26H24N6.CH3NO2/c27-25-23-24(31-32(26(23)29-16-28-25)20-9-5-2-6-10-20)19-12-11-18-13-14-21(30-22(18)15-19)17-7-3-1-4-8-17;2-1(3)4/h1,3-4,7-8,11-16,20H,2,5-6,9-10H2,(H2,27,28,29);2H2,(H,3,4). The van der Waals surface area contributed by atoms with Crippen LogP contribution in [0.4, 0.5) is 10.6 Å². The second-order valence-corrected chi connectivity index (χ2v) is 8.85. The maximum atomic E-state index is 8.78. The molecule has 1 fully saturated rings. The van der Waals surface area contributed by atoms with Gasteiger partial charge in [-0.15, -0.1) is 0 Å². The van der Waals surface area contributed by atoms with E-state index in [9.17, 15) is 0 Å². The Morgan fingerprint density at radius 1 is 0.944 bits per heavy atom. The minimum Gasteiger partial charge on any atom is -0.465 e. The quantitative estimate of drug-likeness (QED) is 0.312. The Hall–Kier alpha value is -4.53. The van der Waals surface area contributed by atoms with Gasteiger partial charge in [-0.1, -0.05) is 67.8 Å². The molecule has 9 nitrogen and oxygen atoms in total. The molecule has 0 atom stereocenters. The van der Waals surface area contributed by atoms with Crippen LogP contribution in [0.3, 0.4) is 0 Å². The van der Waals surface area contributed by atoms with Crippen LogP contribution in [0, 0.1) is 0 Å². The van der Waals surface area contributed by atoms with Crippen molar-refractivity contribution in [3.63, 3.8) is 0 Å². The van der Waals surface area contributed by atoms with E-state index >= 15 is 0 Å². The minimum atomic E-state index is -1.33. The van der Waals surface area contributed by atoms with Gasteiger partial charge < -0.3 is 16.6 Å². The summed E-state index contributed by atoms with van der Waals surface area (Å²) in [6, 6.07) is 21.1. The van der Waals surface area contributed by atoms with Crippen molar-refractivity contribution < 1.29 is 9.90 Å². The second kappa shape index (κ2) is 9.99. The van der Waals surface area contributed by atoms with Crippen molar-refractivity contribution in [2.45, 2.75) is 38.1 Å². The first-order valence-electron chi connectivity index (χ1n) is 11.9. The second-order valence-electron chi connectivity index (χ2n) is 8.85. The number of pyridine rings is 1. The zero-order valence-corrected chi connectivity index (χ0v) is 19.7. The highest BCUT2D eigenvalue weighted by Crippen LogP contribution is 2.36. The number of fused-ring (bicyclic) bond motifs is 2. The van der Waals surface area contributed by atoms with E-state index in [1.165, 1.54) is 25.6 Å². The summed E-state index contributed by atoms with van der Waals surface area (Å²) in [6.45, 7) is 0. The molecule has 0 saturated heterocycles. The van der Waals surface area contributed by atoms with Crippen molar-refractivity contribution in [1.82, 2.24) is 24.7 Å². The molecule has 3 aromatic heterocycles. The molecule has 5 N–H and O–H groups in total. The maximum Gasteiger partial charge on any atom is 0.402 e. The fourth-order valence-corrected chi connectivity index (χ4v) is 4.81. The van der Waals surface area contributed by atoms with Crippen LogP contribution in [0.2, 0.25) is 0 Å². The third-order valence-corrected chi connectivity index (χ3v) is 6.47. The van der Waals surface area contributed by atoms with E-state index in [1.54, 1.807) is 0 Å². The van der Waals surface area contributed by atoms with Gasteiger partial charge in [-0.25, -0.2) is 24.4 Å². The number of nitrogen functional groups attached to an aromatic ring is 1. The number of primary amides is 1. The minimum absolute atomic E-state index is 0.359. The number of amides is 1. The Morgan fingerprint density at radius 2 is 1.67 bits per heavy atom. The van der Waals surface area contributed by atoms with Crippen LogP contribution in [0.15, 0.2) is 67.0 Å². The number of nitrogens with zero attached hydrogens (tertiary/aromatic N) is 5. The first-order valence-corrected chi connectivity index (χ1v) is 11.9.